The number of fused-ring (bicyclic) bond motifs is 1. The Kier molecular flexibility index (Phi) is 3.83. The Morgan fingerprint density at radius 1 is 1.10 bits per heavy atom. The highest BCUT2D eigenvalue weighted by Crippen LogP contribution is 2.27. The molecule has 0 unspecified atom stereocenters. The van der Waals surface area contributed by atoms with Gasteiger partial charge in [0.2, 0.25) is 0 Å². The minimum Gasteiger partial charge on any atom is -0.392 e. The molecule has 0 saturated heterocycles. The molecule has 3 aromatic rings. The van der Waals surface area contributed by atoms with Crippen LogP contribution in [0.4, 0.5) is 0 Å². The largest absolute Gasteiger partial charge is 0.392 e. The van der Waals surface area contributed by atoms with E-state index in [1.165, 1.54) is 5.56 Å². The maximum absolute atomic E-state index is 9.48. The van der Waals surface area contributed by atoms with E-state index in [4.69, 9.17) is 11.6 Å². The number of hydrogen-bond donors (Lipinski definition) is 1. The van der Waals surface area contributed by atoms with Crippen molar-refractivity contribution in [3.05, 3.63) is 69.3 Å². The highest BCUT2D eigenvalue weighted by molar-refractivity contribution is 9.10. The number of rotatable bonds is 3. The molecule has 1 aromatic heterocycles. The van der Waals surface area contributed by atoms with Crippen molar-refractivity contribution >= 4 is 38.4 Å². The predicted octanol–water partition coefficient (Wildman–Crippen LogP) is 4.60. The SMILES string of the molecule is OCc1cn(Cc2ccccc2Br)c2cc(Cl)ccc12. The van der Waals surface area contributed by atoms with Gasteiger partial charge in [-0.05, 0) is 23.8 Å². The number of aliphatic hydroxyl groups excluding tert-OH is 1. The summed E-state index contributed by atoms with van der Waals surface area (Å²) >= 11 is 9.66. The molecule has 0 fully saturated rings. The molecule has 0 aliphatic rings. The van der Waals surface area contributed by atoms with E-state index in [0.717, 1.165) is 27.5 Å². The van der Waals surface area contributed by atoms with Gasteiger partial charge in [0.05, 0.1) is 12.1 Å². The summed E-state index contributed by atoms with van der Waals surface area (Å²) in [5, 5.41) is 11.2. The van der Waals surface area contributed by atoms with Crippen LogP contribution in [0.5, 0.6) is 0 Å². The maximum Gasteiger partial charge on any atom is 0.0702 e. The van der Waals surface area contributed by atoms with Gasteiger partial charge in [0.1, 0.15) is 0 Å². The van der Waals surface area contributed by atoms with E-state index in [9.17, 15) is 5.11 Å². The molecular formula is C16H13BrClNO. The first-order valence-electron chi connectivity index (χ1n) is 6.30. The molecule has 3 rings (SSSR count). The Morgan fingerprint density at radius 3 is 2.65 bits per heavy atom. The van der Waals surface area contributed by atoms with Crippen molar-refractivity contribution in [2.75, 3.05) is 0 Å². The van der Waals surface area contributed by atoms with Crippen molar-refractivity contribution in [2.24, 2.45) is 0 Å². The summed E-state index contributed by atoms with van der Waals surface area (Å²) in [4.78, 5) is 0. The fourth-order valence-corrected chi connectivity index (χ4v) is 2.98. The average Bonchev–Trinajstić information content (AvgIpc) is 2.79. The van der Waals surface area contributed by atoms with Gasteiger partial charge >= 0.3 is 0 Å². The number of halogens is 2. The Bertz CT molecular complexity index is 766. The van der Waals surface area contributed by atoms with Crippen LogP contribution in [0.1, 0.15) is 11.1 Å². The van der Waals surface area contributed by atoms with Crippen molar-refractivity contribution in [3.8, 4) is 0 Å². The van der Waals surface area contributed by atoms with Gasteiger partial charge in [-0.15, -0.1) is 0 Å². The topological polar surface area (TPSA) is 25.2 Å². The van der Waals surface area contributed by atoms with E-state index in [-0.39, 0.29) is 6.61 Å². The molecule has 2 aromatic carbocycles. The zero-order valence-electron chi connectivity index (χ0n) is 10.7. The lowest BCUT2D eigenvalue weighted by molar-refractivity contribution is 0.283. The Labute approximate surface area is 130 Å². The van der Waals surface area contributed by atoms with Crippen molar-refractivity contribution in [2.45, 2.75) is 13.2 Å². The highest BCUT2D eigenvalue weighted by Gasteiger charge is 2.09. The zero-order valence-corrected chi connectivity index (χ0v) is 13.0. The van der Waals surface area contributed by atoms with Crippen LogP contribution in [0.15, 0.2) is 53.1 Å². The number of hydrogen-bond acceptors (Lipinski definition) is 1. The van der Waals surface area contributed by atoms with E-state index < -0.39 is 0 Å². The number of aliphatic hydroxyl groups is 1. The van der Waals surface area contributed by atoms with E-state index in [1.807, 2.05) is 42.6 Å². The Balaban J connectivity index is 2.12. The van der Waals surface area contributed by atoms with Gasteiger partial charge in [0.25, 0.3) is 0 Å². The Morgan fingerprint density at radius 2 is 1.90 bits per heavy atom. The lowest BCUT2D eigenvalue weighted by Gasteiger charge is -2.07. The van der Waals surface area contributed by atoms with Gasteiger partial charge in [0.15, 0.2) is 0 Å². The second kappa shape index (κ2) is 5.60. The lowest BCUT2D eigenvalue weighted by atomic mass is 10.2. The van der Waals surface area contributed by atoms with Gasteiger partial charge in [-0.3, -0.25) is 0 Å². The van der Waals surface area contributed by atoms with Crippen molar-refractivity contribution in [1.82, 2.24) is 4.57 Å². The molecule has 0 spiro atoms. The molecule has 102 valence electrons. The summed E-state index contributed by atoms with van der Waals surface area (Å²) in [5.74, 6) is 0. The first-order valence-corrected chi connectivity index (χ1v) is 7.47. The van der Waals surface area contributed by atoms with Gasteiger partial charge < -0.3 is 9.67 Å². The van der Waals surface area contributed by atoms with Crippen molar-refractivity contribution < 1.29 is 5.11 Å². The maximum atomic E-state index is 9.48. The van der Waals surface area contributed by atoms with E-state index in [0.29, 0.717) is 5.02 Å². The normalized spacial score (nSPS) is 11.2. The molecule has 0 atom stereocenters. The van der Waals surface area contributed by atoms with Crippen LogP contribution in [0.25, 0.3) is 10.9 Å². The molecule has 20 heavy (non-hydrogen) atoms. The fourth-order valence-electron chi connectivity index (χ4n) is 2.41. The second-order valence-corrected chi connectivity index (χ2v) is 5.98. The molecule has 1 N–H and O–H groups in total. The second-order valence-electron chi connectivity index (χ2n) is 4.69. The van der Waals surface area contributed by atoms with Gasteiger partial charge in [0, 0.05) is 33.2 Å². The Hall–Kier alpha value is -1.29. The molecule has 0 saturated carbocycles. The minimum atomic E-state index is 0.0289. The number of benzene rings is 2. The quantitative estimate of drug-likeness (QED) is 0.734. The van der Waals surface area contributed by atoms with E-state index in [2.05, 4.69) is 26.6 Å². The molecule has 0 radical (unpaired) electrons. The average molecular weight is 351 g/mol. The lowest BCUT2D eigenvalue weighted by Crippen LogP contribution is -1.98. The first kappa shape index (κ1) is 13.7. The number of aromatic nitrogens is 1. The van der Waals surface area contributed by atoms with Crippen LogP contribution in [-0.2, 0) is 13.2 Å². The molecule has 0 bridgehead atoms. The fraction of sp³-hybridized carbons (Fsp3) is 0.125. The molecular weight excluding hydrogens is 338 g/mol. The summed E-state index contributed by atoms with van der Waals surface area (Å²) < 4.78 is 3.20. The predicted molar refractivity (Wildman–Crippen MR) is 86.1 cm³/mol. The van der Waals surface area contributed by atoms with Gasteiger partial charge in [-0.25, -0.2) is 0 Å². The highest BCUT2D eigenvalue weighted by atomic mass is 79.9. The van der Waals surface area contributed by atoms with Crippen LogP contribution in [-0.4, -0.2) is 9.67 Å². The van der Waals surface area contributed by atoms with E-state index >= 15 is 0 Å². The standard InChI is InChI=1S/C16H13BrClNO/c17-15-4-2-1-3-11(15)8-19-9-12(10-20)14-6-5-13(18)7-16(14)19/h1-7,9,20H,8,10H2. The molecule has 2 nitrogen and oxygen atoms in total. The van der Waals surface area contributed by atoms with Crippen molar-refractivity contribution in [3.63, 3.8) is 0 Å². The first-order chi connectivity index (χ1) is 9.69. The summed E-state index contributed by atoms with van der Waals surface area (Å²) in [6.45, 7) is 0.763. The minimum absolute atomic E-state index is 0.0289. The van der Waals surface area contributed by atoms with Crippen LogP contribution in [0.3, 0.4) is 0 Å². The van der Waals surface area contributed by atoms with E-state index in [1.54, 1.807) is 0 Å². The van der Waals surface area contributed by atoms with Crippen LogP contribution in [0, 0.1) is 0 Å². The third kappa shape index (κ3) is 2.49. The van der Waals surface area contributed by atoms with Crippen molar-refractivity contribution in [1.29, 1.82) is 0 Å². The van der Waals surface area contributed by atoms with Gasteiger partial charge in [-0.2, -0.15) is 0 Å². The molecule has 1 heterocycles. The monoisotopic (exact) mass is 349 g/mol. The molecule has 4 heteroatoms. The smallest absolute Gasteiger partial charge is 0.0702 e. The summed E-state index contributed by atoms with van der Waals surface area (Å²) in [7, 11) is 0. The molecule has 0 aliphatic heterocycles. The number of nitrogens with zero attached hydrogens (tertiary/aromatic N) is 1. The van der Waals surface area contributed by atoms with Gasteiger partial charge in [-0.1, -0.05) is 51.8 Å². The molecule has 0 amide bonds. The third-order valence-electron chi connectivity index (χ3n) is 3.40. The van der Waals surface area contributed by atoms with Crippen LogP contribution in [0.2, 0.25) is 5.02 Å². The zero-order chi connectivity index (χ0) is 14.1. The summed E-state index contributed by atoms with van der Waals surface area (Å²) in [6.07, 6.45) is 1.99. The van der Waals surface area contributed by atoms with Crippen LogP contribution >= 0.6 is 27.5 Å². The molecule has 0 aliphatic carbocycles. The summed E-state index contributed by atoms with van der Waals surface area (Å²) in [6, 6.07) is 13.9. The summed E-state index contributed by atoms with van der Waals surface area (Å²) in [5.41, 5.74) is 3.15. The third-order valence-corrected chi connectivity index (χ3v) is 4.40. The van der Waals surface area contributed by atoms with Crippen LogP contribution < -0.4 is 0 Å².